The van der Waals surface area contributed by atoms with E-state index in [4.69, 9.17) is 9.47 Å². The van der Waals surface area contributed by atoms with Crippen LogP contribution in [0.2, 0.25) is 0 Å². The van der Waals surface area contributed by atoms with Crippen LogP contribution in [0.4, 0.5) is 0 Å². The van der Waals surface area contributed by atoms with Crippen LogP contribution in [0.3, 0.4) is 0 Å². The highest BCUT2D eigenvalue weighted by atomic mass is 16.5. The fourth-order valence-electron chi connectivity index (χ4n) is 1.97. The predicted octanol–water partition coefficient (Wildman–Crippen LogP) is 2.59. The molecule has 0 aliphatic heterocycles. The first-order valence-corrected chi connectivity index (χ1v) is 6.65. The zero-order valence-corrected chi connectivity index (χ0v) is 11.4. The molecule has 2 rings (SSSR count). The average molecular weight is 259 g/mol. The Balaban J connectivity index is 1.72. The summed E-state index contributed by atoms with van der Waals surface area (Å²) in [6.07, 6.45) is 0. The van der Waals surface area contributed by atoms with E-state index in [1.807, 2.05) is 0 Å². The highest BCUT2D eigenvalue weighted by Crippen LogP contribution is 2.15. The SMILES string of the molecule is COCCOCCNCc1ccc2ccccc2c1. The molecule has 0 amide bonds. The molecule has 2 aromatic carbocycles. The average Bonchev–Trinajstić information content (AvgIpc) is 2.46. The Morgan fingerprint density at radius 3 is 2.63 bits per heavy atom. The van der Waals surface area contributed by atoms with Gasteiger partial charge in [0, 0.05) is 20.2 Å². The van der Waals surface area contributed by atoms with Crippen molar-refractivity contribution < 1.29 is 9.47 Å². The molecule has 0 saturated carbocycles. The van der Waals surface area contributed by atoms with Gasteiger partial charge in [0.15, 0.2) is 0 Å². The highest BCUT2D eigenvalue weighted by molar-refractivity contribution is 5.82. The first-order chi connectivity index (χ1) is 9.40. The maximum absolute atomic E-state index is 5.39. The van der Waals surface area contributed by atoms with Gasteiger partial charge in [-0.15, -0.1) is 0 Å². The van der Waals surface area contributed by atoms with Crippen LogP contribution in [0.1, 0.15) is 5.56 Å². The van der Waals surface area contributed by atoms with Crippen LogP contribution >= 0.6 is 0 Å². The zero-order valence-electron chi connectivity index (χ0n) is 11.4. The molecule has 1 N–H and O–H groups in total. The summed E-state index contributed by atoms with van der Waals surface area (Å²) < 4.78 is 10.3. The summed E-state index contributed by atoms with van der Waals surface area (Å²) in [6.45, 7) is 3.77. The van der Waals surface area contributed by atoms with Crippen LogP contribution in [0.25, 0.3) is 10.8 Å². The van der Waals surface area contributed by atoms with Gasteiger partial charge in [-0.25, -0.2) is 0 Å². The molecular weight excluding hydrogens is 238 g/mol. The molecule has 0 aliphatic carbocycles. The van der Waals surface area contributed by atoms with Gasteiger partial charge in [-0.3, -0.25) is 0 Å². The number of methoxy groups -OCH3 is 1. The second-order valence-corrected chi connectivity index (χ2v) is 4.46. The fraction of sp³-hybridized carbons (Fsp3) is 0.375. The topological polar surface area (TPSA) is 30.5 Å². The van der Waals surface area contributed by atoms with Crippen LogP contribution in [-0.4, -0.2) is 33.5 Å². The lowest BCUT2D eigenvalue weighted by Gasteiger charge is -2.07. The van der Waals surface area contributed by atoms with Crippen molar-refractivity contribution >= 4 is 10.8 Å². The van der Waals surface area contributed by atoms with Crippen LogP contribution in [-0.2, 0) is 16.0 Å². The molecule has 2 aromatic rings. The number of ether oxygens (including phenoxy) is 2. The summed E-state index contributed by atoms with van der Waals surface area (Å²) in [4.78, 5) is 0. The normalized spacial score (nSPS) is 11.0. The number of rotatable bonds is 8. The van der Waals surface area contributed by atoms with E-state index in [1.54, 1.807) is 7.11 Å². The Kier molecular flexibility index (Phi) is 5.82. The molecule has 0 aliphatic rings. The summed E-state index contributed by atoms with van der Waals surface area (Å²) in [5.41, 5.74) is 1.30. The van der Waals surface area contributed by atoms with Gasteiger partial charge in [-0.05, 0) is 22.4 Å². The van der Waals surface area contributed by atoms with Gasteiger partial charge < -0.3 is 14.8 Å². The van der Waals surface area contributed by atoms with Crippen molar-refractivity contribution in [1.82, 2.24) is 5.32 Å². The Morgan fingerprint density at radius 2 is 1.79 bits per heavy atom. The van der Waals surface area contributed by atoms with Gasteiger partial charge in [0.25, 0.3) is 0 Å². The first kappa shape index (κ1) is 14.0. The second-order valence-electron chi connectivity index (χ2n) is 4.46. The lowest BCUT2D eigenvalue weighted by molar-refractivity contribution is 0.0719. The van der Waals surface area contributed by atoms with E-state index in [0.717, 1.165) is 19.7 Å². The maximum atomic E-state index is 5.39. The third-order valence-electron chi connectivity index (χ3n) is 3.00. The standard InChI is InChI=1S/C16H21NO2/c1-18-10-11-19-9-8-17-13-14-6-7-15-4-2-3-5-16(15)12-14/h2-7,12,17H,8-11,13H2,1H3. The number of fused-ring (bicyclic) bond motifs is 1. The molecule has 19 heavy (non-hydrogen) atoms. The molecule has 0 bridgehead atoms. The van der Waals surface area contributed by atoms with Crippen molar-refractivity contribution in [2.45, 2.75) is 6.54 Å². The van der Waals surface area contributed by atoms with Gasteiger partial charge in [-0.1, -0.05) is 36.4 Å². The van der Waals surface area contributed by atoms with E-state index in [0.29, 0.717) is 13.2 Å². The third kappa shape index (κ3) is 4.63. The minimum atomic E-state index is 0.657. The molecule has 3 heteroatoms. The zero-order chi connectivity index (χ0) is 13.3. The van der Waals surface area contributed by atoms with E-state index >= 15 is 0 Å². The molecule has 0 radical (unpaired) electrons. The molecule has 0 fully saturated rings. The Morgan fingerprint density at radius 1 is 0.947 bits per heavy atom. The molecule has 0 saturated heterocycles. The molecule has 3 nitrogen and oxygen atoms in total. The largest absolute Gasteiger partial charge is 0.382 e. The van der Waals surface area contributed by atoms with Crippen molar-refractivity contribution in [3.05, 3.63) is 48.0 Å². The summed E-state index contributed by atoms with van der Waals surface area (Å²) in [5.74, 6) is 0. The molecule has 102 valence electrons. The third-order valence-corrected chi connectivity index (χ3v) is 3.00. The van der Waals surface area contributed by atoms with E-state index in [-0.39, 0.29) is 0 Å². The predicted molar refractivity (Wildman–Crippen MR) is 78.3 cm³/mol. The Hall–Kier alpha value is -1.42. The summed E-state index contributed by atoms with van der Waals surface area (Å²) in [7, 11) is 1.68. The molecule has 0 atom stereocenters. The van der Waals surface area contributed by atoms with Crippen molar-refractivity contribution in [3.63, 3.8) is 0 Å². The summed E-state index contributed by atoms with van der Waals surface area (Å²) in [5, 5.41) is 5.95. The monoisotopic (exact) mass is 259 g/mol. The quantitative estimate of drug-likeness (QED) is 0.739. The molecule has 0 spiro atoms. The molecule has 0 unspecified atom stereocenters. The van der Waals surface area contributed by atoms with Crippen molar-refractivity contribution in [1.29, 1.82) is 0 Å². The lowest BCUT2D eigenvalue weighted by atomic mass is 10.1. The molecule has 0 aromatic heterocycles. The molecular formula is C16H21NO2. The van der Waals surface area contributed by atoms with Crippen LogP contribution in [0.15, 0.2) is 42.5 Å². The van der Waals surface area contributed by atoms with E-state index in [2.05, 4.69) is 47.8 Å². The number of hydrogen-bond donors (Lipinski definition) is 1. The minimum absolute atomic E-state index is 0.657. The number of nitrogens with one attached hydrogen (secondary N) is 1. The Labute approximate surface area is 114 Å². The van der Waals surface area contributed by atoms with E-state index in [1.165, 1.54) is 16.3 Å². The van der Waals surface area contributed by atoms with Crippen LogP contribution in [0.5, 0.6) is 0 Å². The number of benzene rings is 2. The fourth-order valence-corrected chi connectivity index (χ4v) is 1.97. The summed E-state index contributed by atoms with van der Waals surface area (Å²) in [6, 6.07) is 15.0. The smallest absolute Gasteiger partial charge is 0.0700 e. The highest BCUT2D eigenvalue weighted by Gasteiger charge is 1.96. The van der Waals surface area contributed by atoms with Gasteiger partial charge in [0.2, 0.25) is 0 Å². The lowest BCUT2D eigenvalue weighted by Crippen LogP contribution is -2.20. The Bertz CT molecular complexity index is 499. The summed E-state index contributed by atoms with van der Waals surface area (Å²) >= 11 is 0. The van der Waals surface area contributed by atoms with E-state index in [9.17, 15) is 0 Å². The van der Waals surface area contributed by atoms with Crippen LogP contribution < -0.4 is 5.32 Å². The second kappa shape index (κ2) is 7.89. The van der Waals surface area contributed by atoms with E-state index < -0.39 is 0 Å². The maximum Gasteiger partial charge on any atom is 0.0700 e. The van der Waals surface area contributed by atoms with Crippen molar-refractivity contribution in [3.8, 4) is 0 Å². The van der Waals surface area contributed by atoms with Gasteiger partial charge in [0.05, 0.1) is 19.8 Å². The van der Waals surface area contributed by atoms with Gasteiger partial charge in [0.1, 0.15) is 0 Å². The molecule has 0 heterocycles. The van der Waals surface area contributed by atoms with Gasteiger partial charge in [-0.2, -0.15) is 0 Å². The van der Waals surface area contributed by atoms with Crippen molar-refractivity contribution in [2.24, 2.45) is 0 Å². The first-order valence-electron chi connectivity index (χ1n) is 6.65. The minimum Gasteiger partial charge on any atom is -0.382 e. The van der Waals surface area contributed by atoms with Crippen molar-refractivity contribution in [2.75, 3.05) is 33.5 Å². The number of hydrogen-bond acceptors (Lipinski definition) is 3. The van der Waals surface area contributed by atoms with Crippen LogP contribution in [0, 0.1) is 0 Å². The van der Waals surface area contributed by atoms with Gasteiger partial charge >= 0.3 is 0 Å².